The van der Waals surface area contributed by atoms with Gasteiger partial charge in [0.25, 0.3) is 5.91 Å². The van der Waals surface area contributed by atoms with Crippen molar-refractivity contribution in [3.05, 3.63) is 65.7 Å². The first-order chi connectivity index (χ1) is 15.8. The van der Waals surface area contributed by atoms with Crippen LogP contribution >= 0.6 is 0 Å². The fraction of sp³-hybridized carbons (Fsp3) is 0.182. The zero-order valence-corrected chi connectivity index (χ0v) is 17.6. The van der Waals surface area contributed by atoms with Gasteiger partial charge in [-0.25, -0.2) is 4.79 Å². The van der Waals surface area contributed by atoms with Gasteiger partial charge in [0.1, 0.15) is 24.1 Å². The Labute approximate surface area is 189 Å². The number of carbonyl (C=O) groups is 3. The fourth-order valence-electron chi connectivity index (χ4n) is 2.59. The van der Waals surface area contributed by atoms with Crippen LogP contribution in [0, 0.1) is 5.41 Å². The molecule has 0 aromatic heterocycles. The average molecular weight is 455 g/mol. The molecule has 11 heteroatoms. The summed E-state index contributed by atoms with van der Waals surface area (Å²) in [6.45, 7) is 0.0535. The number of hydrogen-bond acceptors (Lipinski definition) is 6. The van der Waals surface area contributed by atoms with Gasteiger partial charge in [0.05, 0.1) is 12.1 Å². The van der Waals surface area contributed by atoms with E-state index < -0.39 is 30.4 Å². The van der Waals surface area contributed by atoms with Crippen LogP contribution in [0.5, 0.6) is 11.5 Å². The van der Waals surface area contributed by atoms with Gasteiger partial charge in [-0.15, -0.1) is 0 Å². The summed E-state index contributed by atoms with van der Waals surface area (Å²) in [5.41, 5.74) is 5.83. The molecule has 0 aliphatic carbocycles. The van der Waals surface area contributed by atoms with E-state index in [1.54, 1.807) is 24.3 Å². The number of carbonyl (C=O) groups excluding carboxylic acids is 2. The number of nitrogens with two attached hydrogens (primary N) is 1. The predicted molar refractivity (Wildman–Crippen MR) is 121 cm³/mol. The molecule has 33 heavy (non-hydrogen) atoms. The van der Waals surface area contributed by atoms with Crippen molar-refractivity contribution in [1.29, 1.82) is 5.41 Å². The summed E-state index contributed by atoms with van der Waals surface area (Å²) in [6, 6.07) is 11.6. The fourth-order valence-corrected chi connectivity index (χ4v) is 2.59. The van der Waals surface area contributed by atoms with Crippen molar-refractivity contribution in [2.45, 2.75) is 6.04 Å². The number of phenols is 1. The van der Waals surface area contributed by atoms with Crippen molar-refractivity contribution in [2.75, 3.05) is 19.7 Å². The van der Waals surface area contributed by atoms with E-state index in [4.69, 9.17) is 15.9 Å². The van der Waals surface area contributed by atoms with Gasteiger partial charge in [0, 0.05) is 18.7 Å². The highest BCUT2D eigenvalue weighted by Crippen LogP contribution is 2.23. The first-order valence-corrected chi connectivity index (χ1v) is 9.84. The van der Waals surface area contributed by atoms with Crippen LogP contribution in [0.3, 0.4) is 0 Å². The number of aliphatic carboxylic acids is 1. The number of ether oxygens (including phenoxy) is 1. The van der Waals surface area contributed by atoms with Gasteiger partial charge in [-0.2, -0.15) is 0 Å². The van der Waals surface area contributed by atoms with E-state index in [-0.39, 0.29) is 36.2 Å². The number of benzene rings is 2. The van der Waals surface area contributed by atoms with E-state index in [1.165, 1.54) is 30.4 Å². The lowest BCUT2D eigenvalue weighted by Gasteiger charge is -2.15. The number of rotatable bonds is 11. The van der Waals surface area contributed by atoms with Crippen molar-refractivity contribution in [1.82, 2.24) is 16.0 Å². The Morgan fingerprint density at radius 1 is 1.12 bits per heavy atom. The molecular weight excluding hydrogens is 430 g/mol. The quantitative estimate of drug-likeness (QED) is 0.109. The lowest BCUT2D eigenvalue weighted by molar-refractivity contribution is -0.141. The molecule has 0 spiro atoms. The molecule has 2 rings (SSSR count). The number of carboxylic acid groups (broad SMARTS) is 1. The van der Waals surface area contributed by atoms with Crippen LogP contribution in [0.1, 0.15) is 15.9 Å². The summed E-state index contributed by atoms with van der Waals surface area (Å²) in [6.07, 6.45) is 2.73. The van der Waals surface area contributed by atoms with Crippen LogP contribution in [0.4, 0.5) is 0 Å². The monoisotopic (exact) mass is 455 g/mol. The maximum atomic E-state index is 12.4. The van der Waals surface area contributed by atoms with Crippen molar-refractivity contribution < 1.29 is 29.3 Å². The molecule has 0 unspecified atom stereocenters. The first-order valence-electron chi connectivity index (χ1n) is 9.84. The third-order valence-corrected chi connectivity index (χ3v) is 4.21. The zero-order chi connectivity index (χ0) is 24.2. The number of hydrogen-bond donors (Lipinski definition) is 7. The molecule has 0 fully saturated rings. The lowest BCUT2D eigenvalue weighted by atomic mass is 10.1. The van der Waals surface area contributed by atoms with Gasteiger partial charge in [0.2, 0.25) is 5.91 Å². The van der Waals surface area contributed by atoms with Crippen LogP contribution in [0.25, 0.3) is 6.08 Å². The Kier molecular flexibility index (Phi) is 9.25. The number of amides is 2. The highest BCUT2D eigenvalue weighted by atomic mass is 16.5. The average Bonchev–Trinajstić information content (AvgIpc) is 2.78. The molecule has 2 aromatic rings. The minimum Gasteiger partial charge on any atom is -0.507 e. The maximum absolute atomic E-state index is 12.4. The molecule has 0 heterocycles. The number of phenolic OH excluding ortho intramolecular Hbond substituents is 1. The lowest BCUT2D eigenvalue weighted by Crippen LogP contribution is -2.48. The predicted octanol–water partition coefficient (Wildman–Crippen LogP) is 0.267. The summed E-state index contributed by atoms with van der Waals surface area (Å²) in [5, 5.41) is 33.7. The Morgan fingerprint density at radius 2 is 1.85 bits per heavy atom. The topological polar surface area (TPSA) is 187 Å². The highest BCUT2D eigenvalue weighted by molar-refractivity contribution is 5.98. The molecule has 0 bridgehead atoms. The zero-order valence-electron chi connectivity index (χ0n) is 17.6. The second-order valence-electron chi connectivity index (χ2n) is 6.72. The van der Waals surface area contributed by atoms with Gasteiger partial charge in [-0.1, -0.05) is 30.3 Å². The van der Waals surface area contributed by atoms with Crippen molar-refractivity contribution in [3.63, 3.8) is 0 Å². The molecule has 2 aromatic carbocycles. The van der Waals surface area contributed by atoms with Crippen molar-refractivity contribution >= 4 is 29.8 Å². The SMILES string of the molecule is N=C(N)NCCOc1ccc(C(=O)NC[C@H](NC(=O)/C=C/c2ccccc2)C(=O)O)c(O)c1. The van der Waals surface area contributed by atoms with E-state index in [0.717, 1.165) is 5.56 Å². The minimum atomic E-state index is -1.37. The summed E-state index contributed by atoms with van der Waals surface area (Å²) in [4.78, 5) is 35.8. The Hall–Kier alpha value is -4.54. The van der Waals surface area contributed by atoms with E-state index in [2.05, 4.69) is 16.0 Å². The minimum absolute atomic E-state index is 0.0938. The number of carboxylic acids is 1. The van der Waals surface area contributed by atoms with E-state index in [0.29, 0.717) is 0 Å². The van der Waals surface area contributed by atoms with Crippen LogP contribution in [-0.2, 0) is 9.59 Å². The summed E-state index contributed by atoms with van der Waals surface area (Å²) >= 11 is 0. The number of guanidine groups is 1. The standard InChI is InChI=1S/C22H25N5O6/c23-22(24)25-10-11-33-15-7-8-16(18(28)12-15)20(30)26-13-17(21(31)32)27-19(29)9-6-14-4-2-1-3-5-14/h1-9,12,17,28H,10-11,13H2,(H,26,30)(H,27,29)(H,31,32)(H4,23,24,25)/b9-6+/t17-/m0/s1. The normalized spacial score (nSPS) is 11.4. The van der Waals surface area contributed by atoms with E-state index in [9.17, 15) is 24.6 Å². The third kappa shape index (κ3) is 8.61. The third-order valence-electron chi connectivity index (χ3n) is 4.21. The van der Waals surface area contributed by atoms with E-state index >= 15 is 0 Å². The second kappa shape index (κ2) is 12.3. The maximum Gasteiger partial charge on any atom is 0.328 e. The molecule has 1 atom stereocenters. The molecule has 0 aliphatic rings. The Morgan fingerprint density at radius 3 is 2.48 bits per heavy atom. The molecule has 174 valence electrons. The van der Waals surface area contributed by atoms with Crippen LogP contribution < -0.4 is 26.4 Å². The van der Waals surface area contributed by atoms with Crippen molar-refractivity contribution in [2.24, 2.45) is 5.73 Å². The Bertz CT molecular complexity index is 1030. The second-order valence-corrected chi connectivity index (χ2v) is 6.72. The molecule has 0 saturated carbocycles. The van der Waals surface area contributed by atoms with E-state index in [1.807, 2.05) is 6.07 Å². The van der Waals surface area contributed by atoms with Crippen LogP contribution in [0.15, 0.2) is 54.6 Å². The highest BCUT2D eigenvalue weighted by Gasteiger charge is 2.21. The van der Waals surface area contributed by atoms with Gasteiger partial charge in [-0.3, -0.25) is 15.0 Å². The molecule has 2 amide bonds. The van der Waals surface area contributed by atoms with Crippen LogP contribution in [0.2, 0.25) is 0 Å². The van der Waals surface area contributed by atoms with Gasteiger partial charge < -0.3 is 36.6 Å². The van der Waals surface area contributed by atoms with Crippen LogP contribution in [-0.4, -0.2) is 59.7 Å². The number of nitrogens with one attached hydrogen (secondary N) is 4. The van der Waals surface area contributed by atoms with Gasteiger partial charge in [-0.05, 0) is 23.8 Å². The molecule has 8 N–H and O–H groups in total. The summed E-state index contributed by atoms with van der Waals surface area (Å²) in [5.74, 6) is -2.97. The molecule has 0 radical (unpaired) electrons. The molecule has 0 aliphatic heterocycles. The smallest absolute Gasteiger partial charge is 0.328 e. The molecule has 0 saturated heterocycles. The van der Waals surface area contributed by atoms with Gasteiger partial charge in [0.15, 0.2) is 5.96 Å². The summed E-state index contributed by atoms with van der Waals surface area (Å²) in [7, 11) is 0. The first kappa shape index (κ1) is 24.7. The summed E-state index contributed by atoms with van der Waals surface area (Å²) < 4.78 is 5.36. The number of aromatic hydroxyl groups is 1. The van der Waals surface area contributed by atoms with Crippen molar-refractivity contribution in [3.8, 4) is 11.5 Å². The molecule has 11 nitrogen and oxygen atoms in total. The Balaban J connectivity index is 1.89. The van der Waals surface area contributed by atoms with Gasteiger partial charge >= 0.3 is 5.97 Å². The largest absolute Gasteiger partial charge is 0.507 e. The molecular formula is C22H25N5O6.